The molecule has 1 fully saturated rings. The Morgan fingerprint density at radius 2 is 1.81 bits per heavy atom. The zero-order valence-electron chi connectivity index (χ0n) is 15.5. The van der Waals surface area contributed by atoms with Gasteiger partial charge in [-0.25, -0.2) is 4.98 Å². The number of hydrogen-bond donors (Lipinski definition) is 0. The minimum Gasteiger partial charge on any atom is -0.497 e. The summed E-state index contributed by atoms with van der Waals surface area (Å²) in [5.74, 6) is 0.692. The highest BCUT2D eigenvalue weighted by Gasteiger charge is 2.66. The van der Waals surface area contributed by atoms with Crippen LogP contribution in [0, 0.1) is 0 Å². The molecule has 2 heterocycles. The minimum atomic E-state index is -0.745. The van der Waals surface area contributed by atoms with Crippen molar-refractivity contribution in [2.75, 3.05) is 26.2 Å². The van der Waals surface area contributed by atoms with E-state index in [2.05, 4.69) is 4.98 Å². The van der Waals surface area contributed by atoms with Gasteiger partial charge in [0.25, 0.3) is 0 Å². The van der Waals surface area contributed by atoms with Crippen LogP contribution in [-0.2, 0) is 26.2 Å². The van der Waals surface area contributed by atoms with Crippen LogP contribution >= 0.6 is 11.6 Å². The first kappa shape index (κ1) is 18.2. The summed E-state index contributed by atoms with van der Waals surface area (Å²) in [4.78, 5) is 19.6. The van der Waals surface area contributed by atoms with Crippen molar-refractivity contribution in [1.29, 1.82) is 0 Å². The van der Waals surface area contributed by atoms with Crippen molar-refractivity contribution in [2.45, 2.75) is 30.6 Å². The van der Waals surface area contributed by atoms with E-state index in [-0.39, 0.29) is 5.91 Å². The maximum absolute atomic E-state index is 13.4. The first-order valence-electron chi connectivity index (χ1n) is 8.68. The Balaban J connectivity index is 1.69. The Morgan fingerprint density at radius 3 is 2.41 bits per heavy atom. The maximum Gasteiger partial charge on any atom is 0.239 e. The standard InChI is InChI=1S/C20H21ClN2O4/c1-25-15-6-4-13(5-7-15)10-23-17-16(8-14(21)9-22-17)19(18(23)24)11-20(12-19,26-2)27-3/h4-9H,10-12H2,1-3H3. The van der Waals surface area contributed by atoms with Crippen molar-refractivity contribution >= 4 is 23.3 Å². The molecule has 1 aliphatic heterocycles. The van der Waals surface area contributed by atoms with Crippen LogP contribution in [0.2, 0.25) is 5.02 Å². The molecule has 4 rings (SSSR count). The molecule has 1 spiro atoms. The highest BCUT2D eigenvalue weighted by atomic mass is 35.5. The Kier molecular flexibility index (Phi) is 4.37. The molecule has 0 atom stereocenters. The average Bonchev–Trinajstić information content (AvgIpc) is 2.88. The van der Waals surface area contributed by atoms with Crippen molar-refractivity contribution in [1.82, 2.24) is 4.98 Å². The summed E-state index contributed by atoms with van der Waals surface area (Å²) in [5.41, 5.74) is 1.14. The molecule has 1 amide bonds. The average molecular weight is 389 g/mol. The summed E-state index contributed by atoms with van der Waals surface area (Å²) in [6.45, 7) is 0.430. The Morgan fingerprint density at radius 1 is 1.15 bits per heavy atom. The number of amides is 1. The molecule has 1 aromatic carbocycles. The molecule has 0 N–H and O–H groups in total. The third-order valence-electron chi connectivity index (χ3n) is 5.65. The quantitative estimate of drug-likeness (QED) is 0.735. The summed E-state index contributed by atoms with van der Waals surface area (Å²) in [6.07, 6.45) is 2.46. The van der Waals surface area contributed by atoms with Crippen molar-refractivity contribution in [3.63, 3.8) is 0 Å². The number of methoxy groups -OCH3 is 3. The zero-order valence-corrected chi connectivity index (χ0v) is 16.2. The van der Waals surface area contributed by atoms with Crippen molar-refractivity contribution in [3.8, 4) is 5.75 Å². The van der Waals surface area contributed by atoms with Crippen LogP contribution in [0.4, 0.5) is 5.82 Å². The molecule has 1 aromatic heterocycles. The summed E-state index contributed by atoms with van der Waals surface area (Å²) >= 11 is 6.19. The van der Waals surface area contributed by atoms with E-state index in [0.717, 1.165) is 16.9 Å². The number of aromatic nitrogens is 1. The molecule has 1 aliphatic carbocycles. The van der Waals surface area contributed by atoms with Crippen molar-refractivity contribution in [3.05, 3.63) is 52.7 Å². The number of rotatable bonds is 5. The van der Waals surface area contributed by atoms with Crippen molar-refractivity contribution in [2.24, 2.45) is 0 Å². The monoisotopic (exact) mass is 388 g/mol. The number of halogens is 1. The predicted molar refractivity (Wildman–Crippen MR) is 101 cm³/mol. The third kappa shape index (κ3) is 2.71. The Bertz CT molecular complexity index is 872. The fraction of sp³-hybridized carbons (Fsp3) is 0.400. The SMILES string of the molecule is COc1ccc(CN2C(=O)C3(CC(OC)(OC)C3)c3cc(Cl)cnc32)cc1. The molecular weight excluding hydrogens is 368 g/mol. The number of fused-ring (bicyclic) bond motifs is 2. The lowest BCUT2D eigenvalue weighted by Crippen LogP contribution is -2.60. The summed E-state index contributed by atoms with van der Waals surface area (Å²) in [7, 11) is 4.82. The second-order valence-electron chi connectivity index (χ2n) is 7.02. The first-order chi connectivity index (χ1) is 13.0. The Labute approximate surface area is 163 Å². The second-order valence-corrected chi connectivity index (χ2v) is 7.46. The van der Waals surface area contributed by atoms with Crippen LogP contribution in [0.15, 0.2) is 36.5 Å². The second kappa shape index (κ2) is 6.48. The number of hydrogen-bond acceptors (Lipinski definition) is 5. The molecule has 0 unspecified atom stereocenters. The smallest absolute Gasteiger partial charge is 0.239 e. The van der Waals surface area contributed by atoms with E-state index < -0.39 is 11.2 Å². The van der Waals surface area contributed by atoms with E-state index in [0.29, 0.717) is 30.2 Å². The van der Waals surface area contributed by atoms with Crippen molar-refractivity contribution < 1.29 is 19.0 Å². The van der Waals surface area contributed by atoms with Gasteiger partial charge in [0.2, 0.25) is 5.91 Å². The van der Waals surface area contributed by atoms with Gasteiger partial charge in [-0.1, -0.05) is 23.7 Å². The zero-order chi connectivity index (χ0) is 19.2. The normalized spacial score (nSPS) is 19.1. The van der Waals surface area contributed by atoms with Gasteiger partial charge in [-0.05, 0) is 23.8 Å². The van der Waals surface area contributed by atoms with Gasteiger partial charge in [-0.3, -0.25) is 9.69 Å². The number of ether oxygens (including phenoxy) is 3. The summed E-state index contributed by atoms with van der Waals surface area (Å²) in [6, 6.07) is 9.49. The summed E-state index contributed by atoms with van der Waals surface area (Å²) in [5, 5.41) is 0.513. The van der Waals surface area contributed by atoms with Gasteiger partial charge >= 0.3 is 0 Å². The lowest BCUT2D eigenvalue weighted by molar-refractivity contribution is -0.273. The first-order valence-corrected chi connectivity index (χ1v) is 9.06. The van der Waals surface area contributed by atoms with Gasteiger partial charge in [-0.2, -0.15) is 0 Å². The number of nitrogens with zero attached hydrogens (tertiary/aromatic N) is 2. The van der Waals surface area contributed by atoms with Gasteiger partial charge in [0.15, 0.2) is 5.79 Å². The van der Waals surface area contributed by atoms with E-state index in [1.54, 1.807) is 32.4 Å². The molecule has 0 radical (unpaired) electrons. The van der Waals surface area contributed by atoms with E-state index in [1.165, 1.54) is 0 Å². The Hall–Kier alpha value is -2.15. The van der Waals surface area contributed by atoms with Gasteiger partial charge in [0.05, 0.1) is 24.1 Å². The molecular formula is C20H21ClN2O4. The molecule has 2 aliphatic rings. The maximum atomic E-state index is 13.4. The van der Waals surface area contributed by atoms with Crippen LogP contribution in [0.3, 0.4) is 0 Å². The van der Waals surface area contributed by atoms with Crippen LogP contribution in [0.5, 0.6) is 5.75 Å². The van der Waals surface area contributed by atoms with E-state index in [1.807, 2.05) is 30.3 Å². The fourth-order valence-corrected chi connectivity index (χ4v) is 4.27. The molecule has 0 saturated heterocycles. The number of anilines is 1. The molecule has 7 heteroatoms. The number of pyridine rings is 1. The predicted octanol–water partition coefficient (Wildman–Crippen LogP) is 3.31. The van der Waals surface area contributed by atoms with Gasteiger partial charge < -0.3 is 14.2 Å². The third-order valence-corrected chi connectivity index (χ3v) is 5.85. The molecule has 142 valence electrons. The lowest BCUT2D eigenvalue weighted by atomic mass is 9.61. The molecule has 2 aromatic rings. The highest BCUT2D eigenvalue weighted by molar-refractivity contribution is 6.30. The minimum absolute atomic E-state index is 0.00723. The lowest BCUT2D eigenvalue weighted by Gasteiger charge is -2.51. The molecule has 27 heavy (non-hydrogen) atoms. The molecule has 1 saturated carbocycles. The largest absolute Gasteiger partial charge is 0.497 e. The van der Waals surface area contributed by atoms with Crippen LogP contribution in [0.25, 0.3) is 0 Å². The summed E-state index contributed by atoms with van der Waals surface area (Å²) < 4.78 is 16.2. The van der Waals surface area contributed by atoms with E-state index in [9.17, 15) is 4.79 Å². The van der Waals surface area contributed by atoms with Crippen LogP contribution in [-0.4, -0.2) is 38.0 Å². The van der Waals surface area contributed by atoms with Crippen LogP contribution in [0.1, 0.15) is 24.0 Å². The van der Waals surface area contributed by atoms with E-state index >= 15 is 0 Å². The van der Waals surface area contributed by atoms with Gasteiger partial charge in [0.1, 0.15) is 11.6 Å². The fourth-order valence-electron chi connectivity index (χ4n) is 4.11. The van der Waals surface area contributed by atoms with E-state index in [4.69, 9.17) is 25.8 Å². The number of carbonyl (C=O) groups is 1. The van der Waals surface area contributed by atoms with Crippen LogP contribution < -0.4 is 9.64 Å². The highest BCUT2D eigenvalue weighted by Crippen LogP contribution is 2.59. The van der Waals surface area contributed by atoms with Gasteiger partial charge in [-0.15, -0.1) is 0 Å². The number of benzene rings is 1. The molecule has 6 nitrogen and oxygen atoms in total. The van der Waals surface area contributed by atoms with Gasteiger partial charge in [0, 0.05) is 38.8 Å². The number of carbonyl (C=O) groups excluding carboxylic acids is 1. The molecule has 0 bridgehead atoms. The topological polar surface area (TPSA) is 60.9 Å².